The van der Waals surface area contributed by atoms with Crippen molar-refractivity contribution < 1.29 is 0 Å². The summed E-state index contributed by atoms with van der Waals surface area (Å²) in [5.41, 5.74) is 8.32. The van der Waals surface area contributed by atoms with E-state index in [0.717, 1.165) is 28.9 Å². The number of aryl methyl sites for hydroxylation is 2. The molecule has 0 spiro atoms. The maximum atomic E-state index is 4.89. The van der Waals surface area contributed by atoms with Crippen molar-refractivity contribution >= 4 is 10.8 Å². The van der Waals surface area contributed by atoms with Crippen LogP contribution in [-0.2, 0) is 6.42 Å². The molecule has 4 rings (SSSR count). The number of rotatable bonds is 3. The van der Waals surface area contributed by atoms with Crippen molar-refractivity contribution in [2.75, 3.05) is 0 Å². The SMILES string of the molecule is Cc1cc(C)cc(-c2ncc(-c3ccc(CC(C)(C)C)nc3)c3ccccc23)c1. The van der Waals surface area contributed by atoms with Gasteiger partial charge in [0.2, 0.25) is 0 Å². The lowest BCUT2D eigenvalue weighted by Gasteiger charge is -2.17. The van der Waals surface area contributed by atoms with Crippen LogP contribution in [0.3, 0.4) is 0 Å². The molecule has 0 N–H and O–H groups in total. The second-order valence-electron chi connectivity index (χ2n) is 9.22. The molecule has 0 bridgehead atoms. The fraction of sp³-hybridized carbons (Fsp3) is 0.259. The van der Waals surface area contributed by atoms with Crippen LogP contribution in [-0.4, -0.2) is 9.97 Å². The predicted molar refractivity (Wildman–Crippen MR) is 123 cm³/mol. The Morgan fingerprint density at radius 1 is 0.724 bits per heavy atom. The largest absolute Gasteiger partial charge is 0.261 e. The van der Waals surface area contributed by atoms with Crippen molar-refractivity contribution in [1.82, 2.24) is 9.97 Å². The average molecular weight is 381 g/mol. The molecule has 0 saturated heterocycles. The van der Waals surface area contributed by atoms with E-state index < -0.39 is 0 Å². The average Bonchev–Trinajstić information content (AvgIpc) is 2.66. The van der Waals surface area contributed by atoms with Crippen LogP contribution < -0.4 is 0 Å². The molecule has 2 aromatic heterocycles. The zero-order chi connectivity index (χ0) is 20.6. The van der Waals surface area contributed by atoms with Gasteiger partial charge >= 0.3 is 0 Å². The summed E-state index contributed by atoms with van der Waals surface area (Å²) >= 11 is 0. The van der Waals surface area contributed by atoms with E-state index in [4.69, 9.17) is 9.97 Å². The Morgan fingerprint density at radius 3 is 2.03 bits per heavy atom. The molecule has 0 aliphatic carbocycles. The Bertz CT molecular complexity index is 1150. The number of hydrogen-bond acceptors (Lipinski definition) is 2. The first-order chi connectivity index (χ1) is 13.8. The van der Waals surface area contributed by atoms with Crippen molar-refractivity contribution in [3.05, 3.63) is 83.8 Å². The van der Waals surface area contributed by atoms with Gasteiger partial charge in [0.05, 0.1) is 5.69 Å². The fourth-order valence-electron chi connectivity index (χ4n) is 4.00. The third kappa shape index (κ3) is 4.22. The zero-order valence-corrected chi connectivity index (χ0v) is 18.0. The van der Waals surface area contributed by atoms with E-state index in [0.29, 0.717) is 0 Å². The molecule has 0 saturated carbocycles. The van der Waals surface area contributed by atoms with E-state index in [2.05, 4.69) is 89.2 Å². The van der Waals surface area contributed by atoms with Gasteiger partial charge in [-0.3, -0.25) is 9.97 Å². The second-order valence-corrected chi connectivity index (χ2v) is 9.22. The van der Waals surface area contributed by atoms with Crippen molar-refractivity contribution in [3.8, 4) is 22.4 Å². The van der Waals surface area contributed by atoms with Gasteiger partial charge in [-0.05, 0) is 49.3 Å². The number of benzene rings is 2. The van der Waals surface area contributed by atoms with Gasteiger partial charge in [-0.1, -0.05) is 68.3 Å². The minimum atomic E-state index is 0.233. The number of hydrogen-bond donors (Lipinski definition) is 0. The van der Waals surface area contributed by atoms with Crippen LogP contribution in [0.1, 0.15) is 37.6 Å². The van der Waals surface area contributed by atoms with E-state index in [1.165, 1.54) is 27.5 Å². The Labute approximate surface area is 173 Å². The van der Waals surface area contributed by atoms with Gasteiger partial charge in [0, 0.05) is 40.2 Å². The summed E-state index contributed by atoms with van der Waals surface area (Å²) in [6.45, 7) is 11.0. The summed E-state index contributed by atoms with van der Waals surface area (Å²) < 4.78 is 0. The van der Waals surface area contributed by atoms with Crippen LogP contribution in [0.25, 0.3) is 33.2 Å². The lowest BCUT2D eigenvalue weighted by atomic mass is 9.90. The molecule has 0 radical (unpaired) electrons. The quantitative estimate of drug-likeness (QED) is 0.376. The van der Waals surface area contributed by atoms with Crippen LogP contribution in [0.2, 0.25) is 0 Å². The highest BCUT2D eigenvalue weighted by molar-refractivity contribution is 6.03. The number of pyridine rings is 2. The molecule has 0 fully saturated rings. The Kier molecular flexibility index (Phi) is 4.96. The lowest BCUT2D eigenvalue weighted by molar-refractivity contribution is 0.406. The van der Waals surface area contributed by atoms with E-state index >= 15 is 0 Å². The molecule has 2 nitrogen and oxygen atoms in total. The maximum absolute atomic E-state index is 4.89. The summed E-state index contributed by atoms with van der Waals surface area (Å²) in [6.07, 6.45) is 4.95. The first-order valence-electron chi connectivity index (χ1n) is 10.2. The molecule has 146 valence electrons. The van der Waals surface area contributed by atoms with Gasteiger partial charge in [-0.15, -0.1) is 0 Å². The third-order valence-corrected chi connectivity index (χ3v) is 5.14. The summed E-state index contributed by atoms with van der Waals surface area (Å²) in [4.78, 5) is 9.61. The molecular formula is C27H28N2. The van der Waals surface area contributed by atoms with Crippen LogP contribution in [0.4, 0.5) is 0 Å². The highest BCUT2D eigenvalue weighted by Crippen LogP contribution is 2.34. The van der Waals surface area contributed by atoms with Gasteiger partial charge in [0.15, 0.2) is 0 Å². The zero-order valence-electron chi connectivity index (χ0n) is 18.0. The monoisotopic (exact) mass is 380 g/mol. The summed E-state index contributed by atoms with van der Waals surface area (Å²) in [7, 11) is 0. The van der Waals surface area contributed by atoms with Gasteiger partial charge in [-0.25, -0.2) is 0 Å². The number of fused-ring (bicyclic) bond motifs is 1. The summed E-state index contributed by atoms with van der Waals surface area (Å²) in [5.74, 6) is 0. The molecule has 0 aliphatic rings. The van der Waals surface area contributed by atoms with E-state index in [9.17, 15) is 0 Å². The van der Waals surface area contributed by atoms with Crippen LogP contribution >= 0.6 is 0 Å². The van der Waals surface area contributed by atoms with E-state index in [1.54, 1.807) is 0 Å². The van der Waals surface area contributed by atoms with Crippen molar-refractivity contribution in [1.29, 1.82) is 0 Å². The fourth-order valence-corrected chi connectivity index (χ4v) is 4.00. The molecule has 2 aromatic carbocycles. The summed E-state index contributed by atoms with van der Waals surface area (Å²) in [5, 5.41) is 2.38. The van der Waals surface area contributed by atoms with Crippen LogP contribution in [0, 0.1) is 19.3 Å². The highest BCUT2D eigenvalue weighted by Gasteiger charge is 2.14. The van der Waals surface area contributed by atoms with Crippen molar-refractivity contribution in [2.24, 2.45) is 5.41 Å². The lowest BCUT2D eigenvalue weighted by Crippen LogP contribution is -2.10. The smallest absolute Gasteiger partial charge is 0.0780 e. The molecule has 2 heteroatoms. The van der Waals surface area contributed by atoms with Gasteiger partial charge in [0.1, 0.15) is 0 Å². The molecule has 0 aliphatic heterocycles. The maximum Gasteiger partial charge on any atom is 0.0780 e. The minimum Gasteiger partial charge on any atom is -0.261 e. The Morgan fingerprint density at radius 2 is 1.41 bits per heavy atom. The first-order valence-corrected chi connectivity index (χ1v) is 10.2. The molecule has 29 heavy (non-hydrogen) atoms. The molecule has 0 atom stereocenters. The molecule has 4 aromatic rings. The molecule has 0 unspecified atom stereocenters. The van der Waals surface area contributed by atoms with E-state index in [1.807, 2.05) is 12.4 Å². The third-order valence-electron chi connectivity index (χ3n) is 5.14. The topological polar surface area (TPSA) is 25.8 Å². The van der Waals surface area contributed by atoms with Crippen LogP contribution in [0.15, 0.2) is 67.0 Å². The molecular weight excluding hydrogens is 352 g/mol. The Hall–Kier alpha value is -3.00. The molecule has 2 heterocycles. The predicted octanol–water partition coefficient (Wildman–Crippen LogP) is 7.17. The van der Waals surface area contributed by atoms with Gasteiger partial charge in [-0.2, -0.15) is 0 Å². The normalized spacial score (nSPS) is 11.8. The number of nitrogens with zero attached hydrogens (tertiary/aromatic N) is 2. The van der Waals surface area contributed by atoms with Crippen LogP contribution in [0.5, 0.6) is 0 Å². The van der Waals surface area contributed by atoms with Crippen molar-refractivity contribution in [2.45, 2.75) is 41.0 Å². The molecule has 0 amide bonds. The van der Waals surface area contributed by atoms with Gasteiger partial charge < -0.3 is 0 Å². The summed E-state index contributed by atoms with van der Waals surface area (Å²) in [6, 6.07) is 19.5. The van der Waals surface area contributed by atoms with E-state index in [-0.39, 0.29) is 5.41 Å². The highest BCUT2D eigenvalue weighted by atomic mass is 14.7. The first kappa shape index (κ1) is 19.3. The van der Waals surface area contributed by atoms with Gasteiger partial charge in [0.25, 0.3) is 0 Å². The standard InChI is InChI=1S/C27H28N2/c1-18-12-19(2)14-21(13-18)26-24-9-7-6-8-23(24)25(17-29-26)20-10-11-22(28-16-20)15-27(3,4)5/h6-14,16-17H,15H2,1-5H3. The van der Waals surface area contributed by atoms with Crippen molar-refractivity contribution in [3.63, 3.8) is 0 Å². The Balaban J connectivity index is 1.82. The number of aromatic nitrogens is 2. The second kappa shape index (κ2) is 7.44. The minimum absolute atomic E-state index is 0.233.